The van der Waals surface area contributed by atoms with Gasteiger partial charge in [-0.3, -0.25) is 0 Å². The minimum atomic E-state index is -4.24. The number of alkyl halides is 3. The van der Waals surface area contributed by atoms with Gasteiger partial charge in [0.25, 0.3) is 0 Å². The molecule has 62 valence electrons. The third-order valence-corrected chi connectivity index (χ3v) is 1.03. The van der Waals surface area contributed by atoms with E-state index in [1.807, 2.05) is 0 Å². The van der Waals surface area contributed by atoms with Crippen LogP contribution in [0.2, 0.25) is 0 Å². The second-order valence-electron chi connectivity index (χ2n) is 1.79. The van der Waals surface area contributed by atoms with E-state index in [0.29, 0.717) is 0 Å². The molecule has 0 aliphatic rings. The third-order valence-electron chi connectivity index (χ3n) is 1.03. The second-order valence-corrected chi connectivity index (χ2v) is 1.79. The Bertz CT molecular complexity index is 210. The van der Waals surface area contributed by atoms with E-state index in [2.05, 4.69) is 19.7 Å². The van der Waals surface area contributed by atoms with Gasteiger partial charge >= 0.3 is 36.1 Å². The average Bonchev–Trinajstić information content (AvgIpc) is 2.08. The monoisotopic (exact) mass is 288 g/mol. The normalized spacial score (nSPS) is 10.2. The van der Waals surface area contributed by atoms with E-state index in [-0.39, 0.29) is 0 Å². The Hall–Kier alpha value is 0.113. The molecular weight excluding hydrogens is 286 g/mol. The molecule has 1 aromatic rings. The standard InChI is InChI=1S/C7H4F3.BrH.Zn/c8-7(9,10)6-4-2-1-3-5-6;;/h1-2,4-5H;1H;/q-1;;+2/p-1. The Balaban J connectivity index is 0.000000561. The van der Waals surface area contributed by atoms with E-state index in [4.69, 9.17) is 0 Å². The van der Waals surface area contributed by atoms with Crippen LogP contribution in [0.4, 0.5) is 13.2 Å². The summed E-state index contributed by atoms with van der Waals surface area (Å²) in [5, 5.41) is 0. The van der Waals surface area contributed by atoms with Crippen LogP contribution >= 0.6 is 13.6 Å². The van der Waals surface area contributed by atoms with E-state index in [9.17, 15) is 13.2 Å². The summed E-state index contributed by atoms with van der Waals surface area (Å²) in [4.78, 5) is 0. The molecular formula is C7H4BrF3Zn. The molecule has 0 aliphatic carbocycles. The molecule has 1 aromatic carbocycles. The van der Waals surface area contributed by atoms with E-state index in [1.165, 1.54) is 28.5 Å². The number of hydrogen-bond donors (Lipinski definition) is 0. The first kappa shape index (κ1) is 12.1. The molecule has 0 N–H and O–H groups in total. The Morgan fingerprint density at radius 2 is 1.92 bits per heavy atom. The van der Waals surface area contributed by atoms with Gasteiger partial charge in [0, 0.05) is 0 Å². The summed E-state index contributed by atoms with van der Waals surface area (Å²) in [6.45, 7) is 0. The van der Waals surface area contributed by atoms with Crippen molar-refractivity contribution >= 4 is 13.6 Å². The molecule has 0 atom stereocenters. The number of halogens is 4. The van der Waals surface area contributed by atoms with Crippen molar-refractivity contribution in [3.05, 3.63) is 35.9 Å². The van der Waals surface area contributed by atoms with Gasteiger partial charge in [0.2, 0.25) is 0 Å². The van der Waals surface area contributed by atoms with Crippen molar-refractivity contribution in [3.63, 3.8) is 0 Å². The predicted molar refractivity (Wildman–Crippen MR) is 39.2 cm³/mol. The first-order chi connectivity index (χ1) is 5.61. The maximum absolute atomic E-state index is 11.8. The molecule has 0 saturated heterocycles. The fraction of sp³-hybridized carbons (Fsp3) is 0.143. The topological polar surface area (TPSA) is 0 Å². The average molecular weight is 290 g/mol. The molecule has 0 nitrogen and oxygen atoms in total. The molecule has 5 heteroatoms. The fourth-order valence-corrected chi connectivity index (χ4v) is 0.570. The predicted octanol–water partition coefficient (Wildman–Crippen LogP) is 3.35. The van der Waals surface area contributed by atoms with E-state index < -0.39 is 11.7 Å². The molecule has 1 rings (SSSR count). The van der Waals surface area contributed by atoms with Gasteiger partial charge in [0.15, 0.2) is 0 Å². The molecule has 0 saturated carbocycles. The van der Waals surface area contributed by atoms with Crippen molar-refractivity contribution in [2.24, 2.45) is 0 Å². The molecule has 0 fully saturated rings. The molecule has 0 aromatic heterocycles. The molecule has 0 amide bonds. The van der Waals surface area contributed by atoms with Crippen molar-refractivity contribution in [2.75, 3.05) is 0 Å². The van der Waals surface area contributed by atoms with Gasteiger partial charge < -0.3 is 0 Å². The summed E-state index contributed by atoms with van der Waals surface area (Å²) in [5.41, 5.74) is -0.657. The van der Waals surface area contributed by atoms with Gasteiger partial charge in [-0.25, -0.2) is 0 Å². The van der Waals surface area contributed by atoms with Crippen molar-refractivity contribution in [1.29, 1.82) is 0 Å². The van der Waals surface area contributed by atoms with Crippen LogP contribution in [0.3, 0.4) is 0 Å². The zero-order valence-electron chi connectivity index (χ0n) is 6.03. The zero-order valence-corrected chi connectivity index (χ0v) is 10.6. The van der Waals surface area contributed by atoms with E-state index >= 15 is 0 Å². The maximum atomic E-state index is 11.8. The van der Waals surface area contributed by atoms with Crippen LogP contribution < -0.4 is 0 Å². The Morgan fingerprint density at radius 3 is 2.17 bits per heavy atom. The third kappa shape index (κ3) is 4.22. The molecule has 0 spiro atoms. The molecule has 0 unspecified atom stereocenters. The zero-order chi connectivity index (χ0) is 9.61. The number of hydrogen-bond acceptors (Lipinski definition) is 0. The van der Waals surface area contributed by atoms with Crippen molar-refractivity contribution in [1.82, 2.24) is 0 Å². The summed E-state index contributed by atoms with van der Waals surface area (Å²) in [6.07, 6.45) is -4.24. The summed E-state index contributed by atoms with van der Waals surface area (Å²) in [5.74, 6) is 0. The molecule has 0 heterocycles. The van der Waals surface area contributed by atoms with E-state index in [1.54, 1.807) is 0 Å². The van der Waals surface area contributed by atoms with Crippen LogP contribution in [-0.4, -0.2) is 0 Å². The van der Waals surface area contributed by atoms with Crippen molar-refractivity contribution in [3.8, 4) is 0 Å². The molecule has 12 heavy (non-hydrogen) atoms. The fourth-order valence-electron chi connectivity index (χ4n) is 0.570. The Kier molecular flexibility index (Phi) is 5.76. The molecule has 0 bridgehead atoms. The Morgan fingerprint density at radius 1 is 1.33 bits per heavy atom. The van der Waals surface area contributed by atoms with Gasteiger partial charge in [-0.1, -0.05) is 5.56 Å². The molecule has 0 aliphatic heterocycles. The second kappa shape index (κ2) is 5.71. The van der Waals surface area contributed by atoms with Crippen LogP contribution in [0.5, 0.6) is 0 Å². The van der Waals surface area contributed by atoms with Gasteiger partial charge in [-0.2, -0.15) is 43.5 Å². The number of rotatable bonds is 0. The minimum absolute atomic E-state index is 0.657. The first-order valence-electron chi connectivity index (χ1n) is 2.91. The van der Waals surface area contributed by atoms with Gasteiger partial charge in [-0.15, -0.1) is 0 Å². The van der Waals surface area contributed by atoms with Crippen LogP contribution in [0.15, 0.2) is 24.3 Å². The SMILES string of the molecule is FC(F)(F)c1c[c-]ccc1.[Zn+][Br]. The number of benzene rings is 1. The summed E-state index contributed by atoms with van der Waals surface area (Å²) < 4.78 is 35.3. The Labute approximate surface area is 85.2 Å². The van der Waals surface area contributed by atoms with Crippen LogP contribution in [0.25, 0.3) is 0 Å². The van der Waals surface area contributed by atoms with Crippen LogP contribution in [0.1, 0.15) is 5.56 Å². The first-order valence-corrected chi connectivity index (χ1v) is 9.85. The summed E-state index contributed by atoms with van der Waals surface area (Å²) >= 11 is 4.25. The quantitative estimate of drug-likeness (QED) is 0.508. The van der Waals surface area contributed by atoms with Gasteiger partial charge in [0.05, 0.1) is 0 Å². The van der Waals surface area contributed by atoms with Crippen LogP contribution in [0, 0.1) is 6.07 Å². The van der Waals surface area contributed by atoms with Gasteiger partial charge in [0.1, 0.15) is 0 Å². The van der Waals surface area contributed by atoms with Gasteiger partial charge in [-0.05, 0) is 0 Å². The van der Waals surface area contributed by atoms with Crippen LogP contribution in [-0.2, 0) is 22.5 Å². The van der Waals surface area contributed by atoms with Crippen molar-refractivity contribution in [2.45, 2.75) is 6.18 Å². The van der Waals surface area contributed by atoms with E-state index in [0.717, 1.165) is 12.1 Å². The summed E-state index contributed by atoms with van der Waals surface area (Å²) in [7, 11) is 0. The summed E-state index contributed by atoms with van der Waals surface area (Å²) in [6, 6.07) is 7.01. The van der Waals surface area contributed by atoms with Crippen molar-refractivity contribution < 1.29 is 29.5 Å². The molecule has 0 radical (unpaired) electrons.